The monoisotopic (exact) mass is 312 g/mol. The van der Waals surface area contributed by atoms with E-state index in [1.807, 2.05) is 36.4 Å². The van der Waals surface area contributed by atoms with Crippen LogP contribution in [0.3, 0.4) is 0 Å². The average molecular weight is 313 g/mol. The maximum Gasteiger partial charge on any atom is 0.258 e. The standard InChI is InChI=1S/C20H28OSi/c1-4-5-12-17-20(2,3)22(21,18-13-8-6-9-14-18)19-15-10-7-11-16-19/h6-11,13-16,21H,4-5,12,17H2,1-3H3. The third kappa shape index (κ3) is 3.34. The van der Waals surface area contributed by atoms with E-state index in [-0.39, 0.29) is 5.04 Å². The highest BCUT2D eigenvalue weighted by Crippen LogP contribution is 2.40. The van der Waals surface area contributed by atoms with Gasteiger partial charge < -0.3 is 4.80 Å². The first-order chi connectivity index (χ1) is 10.5. The summed E-state index contributed by atoms with van der Waals surface area (Å²) in [4.78, 5) is 11.9. The average Bonchev–Trinajstić information content (AvgIpc) is 2.55. The number of benzene rings is 2. The highest BCUT2D eigenvalue weighted by Gasteiger charge is 2.49. The SMILES string of the molecule is CCCCCC(C)(C)[Si](O)(c1ccccc1)c1ccccc1. The number of hydrogen-bond donors (Lipinski definition) is 1. The molecule has 0 unspecified atom stereocenters. The van der Waals surface area contributed by atoms with E-state index in [1.54, 1.807) is 0 Å². The molecule has 0 radical (unpaired) electrons. The molecule has 0 spiro atoms. The Bertz CT molecular complexity index is 523. The maximum absolute atomic E-state index is 11.9. The minimum Gasteiger partial charge on any atom is -0.424 e. The summed E-state index contributed by atoms with van der Waals surface area (Å²) in [6.45, 7) is 6.72. The van der Waals surface area contributed by atoms with Gasteiger partial charge in [-0.3, -0.25) is 0 Å². The van der Waals surface area contributed by atoms with E-state index < -0.39 is 8.32 Å². The van der Waals surface area contributed by atoms with Crippen molar-refractivity contribution in [3.8, 4) is 0 Å². The Morgan fingerprint density at radius 3 is 1.68 bits per heavy atom. The smallest absolute Gasteiger partial charge is 0.258 e. The summed E-state index contributed by atoms with van der Waals surface area (Å²) in [7, 11) is -2.78. The largest absolute Gasteiger partial charge is 0.424 e. The van der Waals surface area contributed by atoms with Crippen molar-refractivity contribution in [2.45, 2.75) is 51.5 Å². The van der Waals surface area contributed by atoms with Crippen LogP contribution in [-0.2, 0) is 0 Å². The number of rotatable bonds is 7. The summed E-state index contributed by atoms with van der Waals surface area (Å²) in [5, 5.41) is 2.13. The van der Waals surface area contributed by atoms with E-state index in [0.717, 1.165) is 16.8 Å². The molecule has 0 aliphatic heterocycles. The summed E-state index contributed by atoms with van der Waals surface area (Å²) in [6.07, 6.45) is 4.69. The van der Waals surface area contributed by atoms with Crippen molar-refractivity contribution < 1.29 is 4.80 Å². The van der Waals surface area contributed by atoms with Crippen LogP contribution in [0.4, 0.5) is 0 Å². The van der Waals surface area contributed by atoms with Crippen molar-refractivity contribution >= 4 is 18.7 Å². The molecule has 0 atom stereocenters. The molecule has 0 aromatic heterocycles. The Hall–Kier alpha value is -1.38. The lowest BCUT2D eigenvalue weighted by molar-refractivity contribution is 0.451. The molecule has 0 bridgehead atoms. The van der Waals surface area contributed by atoms with E-state index in [2.05, 4.69) is 45.0 Å². The Labute approximate surface area is 136 Å². The van der Waals surface area contributed by atoms with Gasteiger partial charge in [0.1, 0.15) is 0 Å². The first-order valence-corrected chi connectivity index (χ1v) is 10.3. The first kappa shape index (κ1) is 17.0. The molecule has 2 aromatic rings. The lowest BCUT2D eigenvalue weighted by Gasteiger charge is -2.41. The fourth-order valence-electron chi connectivity index (χ4n) is 3.30. The van der Waals surface area contributed by atoms with Crippen molar-refractivity contribution in [2.75, 3.05) is 0 Å². The third-order valence-electron chi connectivity index (χ3n) is 4.77. The van der Waals surface area contributed by atoms with Gasteiger partial charge in [-0.2, -0.15) is 0 Å². The lowest BCUT2D eigenvalue weighted by atomic mass is 10.0. The highest BCUT2D eigenvalue weighted by molar-refractivity contribution is 6.98. The van der Waals surface area contributed by atoms with Gasteiger partial charge in [-0.05, 0) is 21.8 Å². The van der Waals surface area contributed by atoms with Crippen molar-refractivity contribution in [1.82, 2.24) is 0 Å². The molecule has 1 nitrogen and oxygen atoms in total. The molecule has 2 aromatic carbocycles. The van der Waals surface area contributed by atoms with Crippen LogP contribution in [0.1, 0.15) is 46.5 Å². The number of hydrogen-bond acceptors (Lipinski definition) is 1. The molecule has 22 heavy (non-hydrogen) atoms. The molecule has 2 heteroatoms. The minimum absolute atomic E-state index is 0.0924. The molecule has 2 rings (SSSR count). The fourth-order valence-corrected chi connectivity index (χ4v) is 7.09. The quantitative estimate of drug-likeness (QED) is 0.603. The fraction of sp³-hybridized carbons (Fsp3) is 0.400. The van der Waals surface area contributed by atoms with Crippen LogP contribution < -0.4 is 10.4 Å². The van der Waals surface area contributed by atoms with Gasteiger partial charge in [0.05, 0.1) is 0 Å². The summed E-state index contributed by atoms with van der Waals surface area (Å²) >= 11 is 0. The molecular formula is C20H28OSi. The summed E-state index contributed by atoms with van der Waals surface area (Å²) in [5.74, 6) is 0. The van der Waals surface area contributed by atoms with Crippen LogP contribution in [-0.4, -0.2) is 13.1 Å². The zero-order valence-electron chi connectivity index (χ0n) is 14.0. The predicted molar refractivity (Wildman–Crippen MR) is 98.3 cm³/mol. The van der Waals surface area contributed by atoms with Gasteiger partial charge in [-0.15, -0.1) is 0 Å². The Kier molecular flexibility index (Phi) is 5.60. The van der Waals surface area contributed by atoms with Crippen LogP contribution >= 0.6 is 0 Å². The topological polar surface area (TPSA) is 20.2 Å². The normalized spacial score (nSPS) is 12.4. The highest BCUT2D eigenvalue weighted by atomic mass is 28.4. The van der Waals surface area contributed by atoms with Crippen LogP contribution in [0.5, 0.6) is 0 Å². The van der Waals surface area contributed by atoms with Gasteiger partial charge in [-0.1, -0.05) is 101 Å². The summed E-state index contributed by atoms with van der Waals surface area (Å²) in [5.41, 5.74) is 0. The molecule has 118 valence electrons. The van der Waals surface area contributed by atoms with E-state index in [9.17, 15) is 4.80 Å². The van der Waals surface area contributed by atoms with Crippen molar-refractivity contribution in [3.63, 3.8) is 0 Å². The second-order valence-electron chi connectivity index (χ2n) is 6.78. The number of unbranched alkanes of at least 4 members (excludes halogenated alkanes) is 2. The summed E-state index contributed by atoms with van der Waals surface area (Å²) in [6, 6.07) is 20.6. The van der Waals surface area contributed by atoms with E-state index >= 15 is 0 Å². The van der Waals surface area contributed by atoms with E-state index in [1.165, 1.54) is 19.3 Å². The molecule has 0 saturated heterocycles. The minimum atomic E-state index is -2.78. The van der Waals surface area contributed by atoms with Crippen molar-refractivity contribution in [1.29, 1.82) is 0 Å². The Morgan fingerprint density at radius 2 is 1.27 bits per heavy atom. The van der Waals surface area contributed by atoms with Crippen LogP contribution in [0.25, 0.3) is 0 Å². The van der Waals surface area contributed by atoms with Crippen LogP contribution in [0, 0.1) is 0 Å². The van der Waals surface area contributed by atoms with Gasteiger partial charge in [0, 0.05) is 0 Å². The first-order valence-electron chi connectivity index (χ1n) is 8.36. The molecule has 1 N–H and O–H groups in total. The third-order valence-corrected chi connectivity index (χ3v) is 9.31. The van der Waals surface area contributed by atoms with E-state index in [4.69, 9.17) is 0 Å². The van der Waals surface area contributed by atoms with Crippen LogP contribution in [0.15, 0.2) is 60.7 Å². The zero-order chi connectivity index (χ0) is 16.1. The molecule has 0 aliphatic rings. The summed E-state index contributed by atoms with van der Waals surface area (Å²) < 4.78 is 0. The molecular weight excluding hydrogens is 284 g/mol. The zero-order valence-corrected chi connectivity index (χ0v) is 15.0. The molecule has 0 saturated carbocycles. The molecule has 0 aliphatic carbocycles. The van der Waals surface area contributed by atoms with E-state index in [0.29, 0.717) is 0 Å². The van der Waals surface area contributed by atoms with Gasteiger partial charge in [0.25, 0.3) is 8.32 Å². The lowest BCUT2D eigenvalue weighted by Crippen LogP contribution is -2.65. The van der Waals surface area contributed by atoms with Crippen LogP contribution in [0.2, 0.25) is 5.04 Å². The molecule has 0 amide bonds. The Morgan fingerprint density at radius 1 is 0.818 bits per heavy atom. The molecule has 0 fully saturated rings. The molecule has 0 heterocycles. The Balaban J connectivity index is 2.46. The van der Waals surface area contributed by atoms with Gasteiger partial charge in [-0.25, -0.2) is 0 Å². The second kappa shape index (κ2) is 7.25. The second-order valence-corrected chi connectivity index (χ2v) is 10.7. The van der Waals surface area contributed by atoms with Gasteiger partial charge in [0.15, 0.2) is 0 Å². The van der Waals surface area contributed by atoms with Gasteiger partial charge in [0.2, 0.25) is 0 Å². The van der Waals surface area contributed by atoms with Crippen molar-refractivity contribution in [3.05, 3.63) is 60.7 Å². The maximum atomic E-state index is 11.9. The predicted octanol–water partition coefficient (Wildman–Crippen LogP) is 4.10. The van der Waals surface area contributed by atoms with Gasteiger partial charge >= 0.3 is 0 Å². The van der Waals surface area contributed by atoms with Crippen molar-refractivity contribution in [2.24, 2.45) is 0 Å².